The van der Waals surface area contributed by atoms with E-state index in [2.05, 4.69) is 10.1 Å². The van der Waals surface area contributed by atoms with Gasteiger partial charge in [0.25, 0.3) is 5.56 Å². The molecule has 2 rings (SSSR count). The Kier molecular flexibility index (Phi) is 4.59. The zero-order valence-corrected chi connectivity index (χ0v) is 12.6. The second-order valence-corrected chi connectivity index (χ2v) is 4.78. The fourth-order valence-corrected chi connectivity index (χ4v) is 2.21. The monoisotopic (exact) mass is 305 g/mol. The van der Waals surface area contributed by atoms with Crippen LogP contribution in [0.4, 0.5) is 0 Å². The number of hydrogen-bond donors (Lipinski definition) is 1. The summed E-state index contributed by atoms with van der Waals surface area (Å²) in [5.41, 5.74) is 7.23. The third-order valence-electron chi connectivity index (χ3n) is 3.07. The molecule has 0 saturated heterocycles. The first-order chi connectivity index (χ1) is 10.1. The van der Waals surface area contributed by atoms with Crippen LogP contribution < -0.4 is 11.3 Å². The molecule has 0 aliphatic heterocycles. The van der Waals surface area contributed by atoms with Crippen LogP contribution in [0, 0.1) is 0 Å². The van der Waals surface area contributed by atoms with Crippen molar-refractivity contribution in [3.05, 3.63) is 63.4 Å². The third kappa shape index (κ3) is 3.05. The standard InChI is InChI=1S/C14H16ClN5O/c1-17-12(5-6-16)11-8-18-20(13(11)15)9-10-4-3-7-19(2)14(10)21/h3-8H,9,16H2,1-2H3. The van der Waals surface area contributed by atoms with E-state index in [-0.39, 0.29) is 5.56 Å². The fraction of sp³-hybridized carbons (Fsp3) is 0.214. The van der Waals surface area contributed by atoms with Crippen molar-refractivity contribution in [3.8, 4) is 0 Å². The highest BCUT2D eigenvalue weighted by Crippen LogP contribution is 2.17. The van der Waals surface area contributed by atoms with Crippen LogP contribution in [0.15, 0.2) is 46.6 Å². The van der Waals surface area contributed by atoms with Gasteiger partial charge in [-0.25, -0.2) is 4.68 Å². The molecule has 2 N–H and O–H groups in total. The summed E-state index contributed by atoms with van der Waals surface area (Å²) in [5, 5.41) is 4.63. The van der Waals surface area contributed by atoms with Gasteiger partial charge in [0, 0.05) is 25.9 Å². The van der Waals surface area contributed by atoms with E-state index in [1.807, 2.05) is 6.07 Å². The number of aryl methyl sites for hydroxylation is 1. The number of halogens is 1. The number of hydrogen-bond acceptors (Lipinski definition) is 4. The Morgan fingerprint density at radius 1 is 1.57 bits per heavy atom. The van der Waals surface area contributed by atoms with Crippen LogP contribution in [0.3, 0.4) is 0 Å². The van der Waals surface area contributed by atoms with E-state index in [9.17, 15) is 4.79 Å². The molecule has 0 unspecified atom stereocenters. The van der Waals surface area contributed by atoms with E-state index in [4.69, 9.17) is 17.3 Å². The van der Waals surface area contributed by atoms with Crippen LogP contribution >= 0.6 is 11.6 Å². The van der Waals surface area contributed by atoms with Crippen molar-refractivity contribution in [1.82, 2.24) is 14.3 Å². The van der Waals surface area contributed by atoms with Crippen LogP contribution in [0.1, 0.15) is 11.1 Å². The van der Waals surface area contributed by atoms with Crippen molar-refractivity contribution in [2.45, 2.75) is 6.54 Å². The van der Waals surface area contributed by atoms with Crippen LogP contribution in [0.2, 0.25) is 5.15 Å². The minimum atomic E-state index is -0.0724. The normalized spacial score (nSPS) is 12.2. The molecule has 0 aromatic carbocycles. The first-order valence-electron chi connectivity index (χ1n) is 6.29. The molecule has 2 heterocycles. The first kappa shape index (κ1) is 15.1. The topological polar surface area (TPSA) is 78.2 Å². The smallest absolute Gasteiger partial charge is 0.255 e. The van der Waals surface area contributed by atoms with Crippen molar-refractivity contribution in [3.63, 3.8) is 0 Å². The number of nitrogens with two attached hydrogens (primary N) is 1. The largest absolute Gasteiger partial charge is 0.405 e. The Bertz CT molecular complexity index is 757. The van der Waals surface area contributed by atoms with Crippen molar-refractivity contribution >= 4 is 17.3 Å². The van der Waals surface area contributed by atoms with Crippen LogP contribution in [0.25, 0.3) is 0 Å². The predicted octanol–water partition coefficient (Wildman–Crippen LogP) is 1.17. The second-order valence-electron chi connectivity index (χ2n) is 4.42. The van der Waals surface area contributed by atoms with Gasteiger partial charge in [-0.2, -0.15) is 5.10 Å². The zero-order valence-electron chi connectivity index (χ0n) is 11.8. The molecule has 0 atom stereocenters. The SMILES string of the molecule is CN=C(C=CN)c1cnn(Cc2cccn(C)c2=O)c1Cl. The minimum Gasteiger partial charge on any atom is -0.405 e. The van der Waals surface area contributed by atoms with Gasteiger partial charge in [-0.15, -0.1) is 0 Å². The molecule has 0 spiro atoms. The third-order valence-corrected chi connectivity index (χ3v) is 3.47. The Morgan fingerprint density at radius 3 is 3.00 bits per heavy atom. The van der Waals surface area contributed by atoms with Gasteiger partial charge >= 0.3 is 0 Å². The summed E-state index contributed by atoms with van der Waals surface area (Å²) in [6.07, 6.45) is 6.35. The van der Waals surface area contributed by atoms with E-state index in [1.165, 1.54) is 10.8 Å². The van der Waals surface area contributed by atoms with Gasteiger partial charge < -0.3 is 10.3 Å². The Hall–Kier alpha value is -2.34. The highest BCUT2D eigenvalue weighted by molar-refractivity contribution is 6.34. The summed E-state index contributed by atoms with van der Waals surface area (Å²) in [4.78, 5) is 16.1. The highest BCUT2D eigenvalue weighted by Gasteiger charge is 2.13. The number of nitrogens with zero attached hydrogens (tertiary/aromatic N) is 4. The molecule has 2 aromatic heterocycles. The van der Waals surface area contributed by atoms with Crippen molar-refractivity contribution in [2.24, 2.45) is 17.8 Å². The molecule has 0 amide bonds. The van der Waals surface area contributed by atoms with E-state index in [0.29, 0.717) is 28.5 Å². The number of aliphatic imine (C=N–C) groups is 1. The average molecular weight is 306 g/mol. The summed E-state index contributed by atoms with van der Waals surface area (Å²) < 4.78 is 3.08. The maximum atomic E-state index is 12.0. The minimum absolute atomic E-state index is 0.0724. The van der Waals surface area contributed by atoms with Crippen LogP contribution in [-0.4, -0.2) is 27.1 Å². The van der Waals surface area contributed by atoms with Crippen molar-refractivity contribution in [2.75, 3.05) is 7.05 Å². The fourth-order valence-electron chi connectivity index (χ4n) is 1.96. The molecule has 0 aliphatic carbocycles. The van der Waals surface area contributed by atoms with E-state index in [0.717, 1.165) is 0 Å². The lowest BCUT2D eigenvalue weighted by atomic mass is 10.2. The molecule has 0 bridgehead atoms. The molecule has 0 aliphatic rings. The first-order valence-corrected chi connectivity index (χ1v) is 6.67. The van der Waals surface area contributed by atoms with Gasteiger partial charge in [-0.1, -0.05) is 17.7 Å². The number of aromatic nitrogens is 3. The molecule has 2 aromatic rings. The lowest BCUT2D eigenvalue weighted by molar-refractivity contribution is 0.672. The summed E-state index contributed by atoms with van der Waals surface area (Å²) in [7, 11) is 3.35. The Balaban J connectivity index is 2.37. The van der Waals surface area contributed by atoms with Gasteiger partial charge in [-0.3, -0.25) is 9.79 Å². The Morgan fingerprint density at radius 2 is 2.33 bits per heavy atom. The summed E-state index contributed by atoms with van der Waals surface area (Å²) in [6.45, 7) is 0.301. The molecule has 7 heteroatoms. The van der Waals surface area contributed by atoms with Gasteiger partial charge in [0.1, 0.15) is 5.15 Å². The van der Waals surface area contributed by atoms with Crippen molar-refractivity contribution < 1.29 is 0 Å². The maximum absolute atomic E-state index is 12.0. The predicted molar refractivity (Wildman–Crippen MR) is 83.8 cm³/mol. The van der Waals surface area contributed by atoms with Crippen LogP contribution in [-0.2, 0) is 13.6 Å². The second kappa shape index (κ2) is 6.41. The molecule has 0 saturated carbocycles. The van der Waals surface area contributed by atoms with Crippen molar-refractivity contribution in [1.29, 1.82) is 0 Å². The van der Waals surface area contributed by atoms with Gasteiger partial charge in [0.05, 0.1) is 24.0 Å². The molecule has 110 valence electrons. The van der Waals surface area contributed by atoms with Gasteiger partial charge in [-0.05, 0) is 18.3 Å². The van der Waals surface area contributed by atoms with Gasteiger partial charge in [0.2, 0.25) is 0 Å². The molecular weight excluding hydrogens is 290 g/mol. The average Bonchev–Trinajstić information content (AvgIpc) is 2.83. The molecule has 0 fully saturated rings. The molecule has 21 heavy (non-hydrogen) atoms. The van der Waals surface area contributed by atoms with Gasteiger partial charge in [0.15, 0.2) is 0 Å². The van der Waals surface area contributed by atoms with E-state index >= 15 is 0 Å². The number of rotatable bonds is 4. The number of allylic oxidation sites excluding steroid dienone is 1. The van der Waals surface area contributed by atoms with E-state index < -0.39 is 0 Å². The lowest BCUT2D eigenvalue weighted by Crippen LogP contribution is -2.22. The molecule has 6 nitrogen and oxygen atoms in total. The maximum Gasteiger partial charge on any atom is 0.255 e. The van der Waals surface area contributed by atoms with Crippen LogP contribution in [0.5, 0.6) is 0 Å². The van der Waals surface area contributed by atoms with E-state index in [1.54, 1.807) is 43.3 Å². The summed E-state index contributed by atoms with van der Waals surface area (Å²) >= 11 is 6.31. The summed E-state index contributed by atoms with van der Waals surface area (Å²) in [5.74, 6) is 0. The lowest BCUT2D eigenvalue weighted by Gasteiger charge is -2.05. The summed E-state index contributed by atoms with van der Waals surface area (Å²) in [6, 6.07) is 3.57. The number of pyridine rings is 1. The molecular formula is C14H16ClN5O. The zero-order chi connectivity index (χ0) is 15.4. The highest BCUT2D eigenvalue weighted by atomic mass is 35.5. The quantitative estimate of drug-likeness (QED) is 0.861. The Labute approximate surface area is 127 Å². The molecule has 0 radical (unpaired) electrons.